The summed E-state index contributed by atoms with van der Waals surface area (Å²) in [5.74, 6) is 1.07. The van der Waals surface area contributed by atoms with Crippen LogP contribution in [0.4, 0.5) is 14.9 Å². The van der Waals surface area contributed by atoms with E-state index in [4.69, 9.17) is 0 Å². The number of nitrogens with one attached hydrogen (secondary N) is 1. The maximum absolute atomic E-state index is 13.5. The number of anilines is 1. The van der Waals surface area contributed by atoms with Gasteiger partial charge in [-0.25, -0.2) is 9.18 Å². The quantitative estimate of drug-likeness (QED) is 0.791. The maximum atomic E-state index is 13.5. The van der Waals surface area contributed by atoms with Crippen LogP contribution in [0.3, 0.4) is 0 Å². The lowest BCUT2D eigenvalue weighted by Gasteiger charge is -2.43. The summed E-state index contributed by atoms with van der Waals surface area (Å²) in [6.07, 6.45) is 6.86. The Bertz CT molecular complexity index is 767. The smallest absolute Gasteiger partial charge is 0.321 e. The van der Waals surface area contributed by atoms with Crippen molar-refractivity contribution in [1.82, 2.24) is 14.7 Å². The van der Waals surface area contributed by atoms with Gasteiger partial charge in [0.2, 0.25) is 5.91 Å². The van der Waals surface area contributed by atoms with E-state index in [1.165, 1.54) is 25.0 Å². The molecule has 1 saturated carbocycles. The molecule has 1 aromatic rings. The van der Waals surface area contributed by atoms with Gasteiger partial charge in [-0.3, -0.25) is 9.69 Å². The van der Waals surface area contributed by atoms with Gasteiger partial charge in [0, 0.05) is 45.0 Å². The Kier molecular flexibility index (Phi) is 7.10. The lowest BCUT2D eigenvalue weighted by Crippen LogP contribution is -2.59. The molecular formula is C24H35FN4O2. The number of hydrogen-bond acceptors (Lipinski definition) is 3. The number of carbonyl (C=O) groups excluding carboxylic acids is 2. The van der Waals surface area contributed by atoms with Crippen molar-refractivity contribution in [2.75, 3.05) is 44.6 Å². The van der Waals surface area contributed by atoms with E-state index in [-0.39, 0.29) is 17.9 Å². The zero-order valence-corrected chi connectivity index (χ0v) is 18.6. The number of likely N-dealkylation sites (tertiary alicyclic amines) is 1. The Morgan fingerprint density at radius 1 is 0.968 bits per heavy atom. The molecule has 170 valence electrons. The van der Waals surface area contributed by atoms with Gasteiger partial charge in [-0.15, -0.1) is 0 Å². The molecule has 6 nitrogen and oxygen atoms in total. The first-order valence-corrected chi connectivity index (χ1v) is 11.9. The molecule has 7 heteroatoms. The fraction of sp³-hybridized carbons (Fsp3) is 0.667. The molecule has 3 fully saturated rings. The Hall–Kier alpha value is -2.15. The number of piperazine rings is 1. The first-order chi connectivity index (χ1) is 15.0. The first kappa shape index (κ1) is 22.1. The van der Waals surface area contributed by atoms with Gasteiger partial charge in [0.1, 0.15) is 5.82 Å². The highest BCUT2D eigenvalue weighted by atomic mass is 19.1. The van der Waals surface area contributed by atoms with E-state index in [2.05, 4.69) is 22.0 Å². The molecule has 0 unspecified atom stereocenters. The van der Waals surface area contributed by atoms with E-state index in [0.717, 1.165) is 38.8 Å². The van der Waals surface area contributed by atoms with Crippen molar-refractivity contribution in [2.24, 2.45) is 11.8 Å². The third-order valence-corrected chi connectivity index (χ3v) is 7.27. The molecule has 0 bridgehead atoms. The summed E-state index contributed by atoms with van der Waals surface area (Å²) in [7, 11) is 0. The monoisotopic (exact) mass is 430 g/mol. The van der Waals surface area contributed by atoms with Crippen LogP contribution in [-0.4, -0.2) is 71.9 Å². The van der Waals surface area contributed by atoms with Gasteiger partial charge < -0.3 is 15.1 Å². The summed E-state index contributed by atoms with van der Waals surface area (Å²) in [5, 5.41) is 2.78. The van der Waals surface area contributed by atoms with Crippen LogP contribution in [0, 0.1) is 17.7 Å². The van der Waals surface area contributed by atoms with E-state index < -0.39 is 0 Å². The fourth-order valence-corrected chi connectivity index (χ4v) is 5.32. The fourth-order valence-electron chi connectivity index (χ4n) is 5.32. The average molecular weight is 431 g/mol. The second-order valence-electron chi connectivity index (χ2n) is 9.46. The zero-order valence-electron chi connectivity index (χ0n) is 18.6. The molecule has 3 amide bonds. The molecule has 2 saturated heterocycles. The van der Waals surface area contributed by atoms with Crippen molar-refractivity contribution in [3.63, 3.8) is 0 Å². The highest BCUT2D eigenvalue weighted by Gasteiger charge is 2.39. The minimum absolute atomic E-state index is 0.0515. The van der Waals surface area contributed by atoms with Crippen LogP contribution in [0.5, 0.6) is 0 Å². The van der Waals surface area contributed by atoms with Crippen LogP contribution >= 0.6 is 0 Å². The Balaban J connectivity index is 1.37. The maximum Gasteiger partial charge on any atom is 0.321 e. The van der Waals surface area contributed by atoms with Crippen molar-refractivity contribution < 1.29 is 14.0 Å². The van der Waals surface area contributed by atoms with Gasteiger partial charge in [0.15, 0.2) is 0 Å². The Morgan fingerprint density at radius 2 is 1.65 bits per heavy atom. The van der Waals surface area contributed by atoms with Crippen LogP contribution in [-0.2, 0) is 4.79 Å². The Labute approximate surface area is 184 Å². The standard InChI is InChI=1S/C24H35FN4O2/c1-18-9-11-28(12-10-18)23(30)22(19-5-2-3-6-19)27-13-15-29(16-14-27)24(31)26-21-8-4-7-20(25)17-21/h4,7-8,17-19,22H,2-3,5-6,9-16H2,1H3,(H,26,31)/t22-/m0/s1. The SMILES string of the molecule is CC1CCN(C(=O)[C@H](C2CCCC2)N2CCN(C(=O)Nc3cccc(F)c3)CC2)CC1. The molecule has 1 N–H and O–H groups in total. The minimum atomic E-state index is -0.368. The van der Waals surface area contributed by atoms with E-state index in [9.17, 15) is 14.0 Å². The number of hydrogen-bond donors (Lipinski definition) is 1. The molecule has 31 heavy (non-hydrogen) atoms. The molecular weight excluding hydrogens is 395 g/mol. The normalized spacial score (nSPS) is 22.5. The van der Waals surface area contributed by atoms with Crippen LogP contribution in [0.2, 0.25) is 0 Å². The van der Waals surface area contributed by atoms with Gasteiger partial charge in [0.05, 0.1) is 6.04 Å². The van der Waals surface area contributed by atoms with Crippen LogP contribution in [0.1, 0.15) is 45.4 Å². The number of piperidine rings is 1. The summed E-state index contributed by atoms with van der Waals surface area (Å²) in [5.41, 5.74) is 0.464. The second kappa shape index (κ2) is 9.98. The second-order valence-corrected chi connectivity index (χ2v) is 9.46. The topological polar surface area (TPSA) is 55.9 Å². The van der Waals surface area contributed by atoms with Gasteiger partial charge in [-0.1, -0.05) is 25.8 Å². The van der Waals surface area contributed by atoms with Gasteiger partial charge in [-0.05, 0) is 55.7 Å². The minimum Gasteiger partial charge on any atom is -0.341 e. The summed E-state index contributed by atoms with van der Waals surface area (Å²) >= 11 is 0. The summed E-state index contributed by atoms with van der Waals surface area (Å²) < 4.78 is 13.4. The number of urea groups is 1. The Morgan fingerprint density at radius 3 is 2.29 bits per heavy atom. The summed E-state index contributed by atoms with van der Waals surface area (Å²) in [4.78, 5) is 32.3. The molecule has 1 aromatic carbocycles. The molecule has 4 rings (SSSR count). The molecule has 0 aromatic heterocycles. The molecule has 1 atom stereocenters. The van der Waals surface area contributed by atoms with Gasteiger partial charge in [-0.2, -0.15) is 0 Å². The van der Waals surface area contributed by atoms with Crippen molar-refractivity contribution in [3.8, 4) is 0 Å². The first-order valence-electron chi connectivity index (χ1n) is 11.9. The van der Waals surface area contributed by atoms with Crippen LogP contribution in [0.25, 0.3) is 0 Å². The highest BCUT2D eigenvalue weighted by Crippen LogP contribution is 2.32. The van der Waals surface area contributed by atoms with E-state index in [1.807, 2.05) is 0 Å². The predicted molar refractivity (Wildman–Crippen MR) is 119 cm³/mol. The largest absolute Gasteiger partial charge is 0.341 e. The molecule has 0 spiro atoms. The third-order valence-electron chi connectivity index (χ3n) is 7.27. The zero-order chi connectivity index (χ0) is 21.8. The summed E-state index contributed by atoms with van der Waals surface area (Å²) in [6.45, 7) is 6.58. The number of carbonyl (C=O) groups is 2. The lowest BCUT2D eigenvalue weighted by atomic mass is 9.92. The average Bonchev–Trinajstić information content (AvgIpc) is 3.29. The van der Waals surface area contributed by atoms with Gasteiger partial charge >= 0.3 is 6.03 Å². The molecule has 0 radical (unpaired) electrons. The third kappa shape index (κ3) is 5.37. The predicted octanol–water partition coefficient (Wildman–Crippen LogP) is 3.79. The van der Waals surface area contributed by atoms with Crippen molar-refractivity contribution in [1.29, 1.82) is 0 Å². The van der Waals surface area contributed by atoms with Crippen molar-refractivity contribution >= 4 is 17.6 Å². The highest BCUT2D eigenvalue weighted by molar-refractivity contribution is 5.89. The van der Waals surface area contributed by atoms with E-state index in [0.29, 0.717) is 49.6 Å². The number of benzene rings is 1. The number of amides is 3. The van der Waals surface area contributed by atoms with Crippen molar-refractivity contribution in [3.05, 3.63) is 30.1 Å². The molecule has 2 heterocycles. The lowest BCUT2D eigenvalue weighted by molar-refractivity contribution is -0.141. The van der Waals surface area contributed by atoms with Crippen molar-refractivity contribution in [2.45, 2.75) is 51.5 Å². The number of rotatable bonds is 4. The van der Waals surface area contributed by atoms with E-state index in [1.54, 1.807) is 17.0 Å². The molecule has 3 aliphatic rings. The van der Waals surface area contributed by atoms with E-state index >= 15 is 0 Å². The molecule has 2 aliphatic heterocycles. The van der Waals surface area contributed by atoms with Crippen LogP contribution in [0.15, 0.2) is 24.3 Å². The van der Waals surface area contributed by atoms with Gasteiger partial charge in [0.25, 0.3) is 0 Å². The molecule has 1 aliphatic carbocycles. The number of nitrogens with zero attached hydrogens (tertiary/aromatic N) is 3. The summed E-state index contributed by atoms with van der Waals surface area (Å²) in [6, 6.07) is 5.69. The van der Waals surface area contributed by atoms with Crippen LogP contribution < -0.4 is 5.32 Å². The number of halogens is 1.